The molecule has 2 aromatic heterocycles. The van der Waals surface area contributed by atoms with E-state index in [4.69, 9.17) is 10.3 Å². The van der Waals surface area contributed by atoms with Crippen molar-refractivity contribution in [1.82, 2.24) is 19.5 Å². The van der Waals surface area contributed by atoms with Gasteiger partial charge in [-0.25, -0.2) is 15.0 Å². The molecule has 23 heavy (non-hydrogen) atoms. The average Bonchev–Trinajstić information content (AvgIpc) is 3.12. The van der Waals surface area contributed by atoms with E-state index in [0.717, 1.165) is 12.8 Å². The molecule has 0 aromatic carbocycles. The fraction of sp³-hybridized carbons (Fsp3) is 0.615. The molecular weight excluding hydrogens is 300 g/mol. The summed E-state index contributed by atoms with van der Waals surface area (Å²) in [6.45, 7) is -0.121. The summed E-state index contributed by atoms with van der Waals surface area (Å²) in [5, 5.41) is 16.4. The van der Waals surface area contributed by atoms with E-state index in [0.29, 0.717) is 29.4 Å². The molecule has 2 N–H and O–H groups in total. The first kappa shape index (κ1) is 14.2. The number of hydrogen-bond acceptors (Lipinski definition) is 7. The molecule has 2 fully saturated rings. The lowest BCUT2D eigenvalue weighted by Crippen LogP contribution is -2.18. The molecule has 3 heterocycles. The van der Waals surface area contributed by atoms with Crippen LogP contribution in [0.3, 0.4) is 0 Å². The van der Waals surface area contributed by atoms with Gasteiger partial charge >= 0.3 is 0 Å². The van der Waals surface area contributed by atoms with Gasteiger partial charge in [0.25, 0.3) is 0 Å². The molecule has 0 spiro atoms. The number of hydrogen-bond donors (Lipinski definition) is 2. The number of aromatic nitrogens is 4. The van der Waals surface area contributed by atoms with Crippen molar-refractivity contribution in [3.63, 3.8) is 0 Å². The third-order valence-corrected chi connectivity index (χ3v) is 4.12. The van der Waals surface area contributed by atoms with E-state index in [1.807, 2.05) is 0 Å². The van der Waals surface area contributed by atoms with Gasteiger partial charge in [-0.2, -0.15) is 0 Å². The van der Waals surface area contributed by atoms with E-state index in [2.05, 4.69) is 30.3 Å². The minimum atomic E-state index is -0.531. The number of rotatable bonds is 5. The van der Waals surface area contributed by atoms with Gasteiger partial charge in [-0.1, -0.05) is 5.11 Å². The average molecular weight is 316 g/mol. The van der Waals surface area contributed by atoms with Gasteiger partial charge in [0.15, 0.2) is 17.0 Å². The molecule has 10 heteroatoms. The highest BCUT2D eigenvalue weighted by molar-refractivity contribution is 5.83. The molecule has 3 atom stereocenters. The largest absolute Gasteiger partial charge is 0.394 e. The maximum atomic E-state index is 9.31. The van der Waals surface area contributed by atoms with Crippen molar-refractivity contribution >= 4 is 17.0 Å². The van der Waals surface area contributed by atoms with E-state index in [1.54, 1.807) is 10.9 Å². The summed E-state index contributed by atoms with van der Waals surface area (Å²) in [6, 6.07) is 0.0417. The summed E-state index contributed by atoms with van der Waals surface area (Å²) >= 11 is 0. The van der Waals surface area contributed by atoms with Crippen molar-refractivity contribution in [2.24, 2.45) is 5.11 Å². The van der Waals surface area contributed by atoms with E-state index in [9.17, 15) is 5.11 Å². The lowest BCUT2D eigenvalue weighted by molar-refractivity contribution is -0.0238. The number of ether oxygens (including phenoxy) is 1. The maximum absolute atomic E-state index is 9.31. The molecule has 4 rings (SSSR count). The first-order valence-corrected chi connectivity index (χ1v) is 7.54. The van der Waals surface area contributed by atoms with Crippen LogP contribution in [0, 0.1) is 0 Å². The van der Waals surface area contributed by atoms with Gasteiger partial charge in [0.05, 0.1) is 25.1 Å². The molecule has 2 aromatic rings. The van der Waals surface area contributed by atoms with Gasteiger partial charge in [-0.15, -0.1) is 0 Å². The third kappa shape index (κ3) is 2.56. The summed E-state index contributed by atoms with van der Waals surface area (Å²) < 4.78 is 7.53. The Morgan fingerprint density at radius 3 is 3.04 bits per heavy atom. The van der Waals surface area contributed by atoms with Crippen molar-refractivity contribution in [3.05, 3.63) is 23.1 Å². The topological polar surface area (TPSA) is 134 Å². The Morgan fingerprint density at radius 2 is 2.30 bits per heavy atom. The van der Waals surface area contributed by atoms with Crippen LogP contribution in [-0.2, 0) is 4.74 Å². The summed E-state index contributed by atoms with van der Waals surface area (Å²) in [5.41, 5.74) is 10.0. The lowest BCUT2D eigenvalue weighted by atomic mass is 10.2. The molecule has 1 aliphatic heterocycles. The summed E-state index contributed by atoms with van der Waals surface area (Å²) in [5.74, 6) is 0.702. The standard InChI is InChI=1S/C13H16N8O2/c14-20-19-9-3-8(4-22)23-13(9)21-6-17-10-11(18-7-1-2-7)15-5-16-12(10)21/h5-9,13,22H,1-4H2,(H,15,16,18). The molecule has 120 valence electrons. The Bertz CT molecular complexity index is 766. The Balaban J connectivity index is 1.71. The number of nitrogens with one attached hydrogen (secondary N) is 1. The predicted octanol–water partition coefficient (Wildman–Crippen LogP) is 1.36. The van der Waals surface area contributed by atoms with Crippen LogP contribution in [0.25, 0.3) is 21.6 Å². The summed E-state index contributed by atoms with van der Waals surface area (Å²) in [4.78, 5) is 15.8. The fourth-order valence-corrected chi connectivity index (χ4v) is 2.83. The Morgan fingerprint density at radius 1 is 1.43 bits per heavy atom. The van der Waals surface area contributed by atoms with E-state index in [-0.39, 0.29) is 12.7 Å². The second-order valence-corrected chi connectivity index (χ2v) is 5.80. The van der Waals surface area contributed by atoms with Crippen LogP contribution < -0.4 is 5.32 Å². The highest BCUT2D eigenvalue weighted by atomic mass is 16.5. The Kier molecular flexibility index (Phi) is 3.49. The monoisotopic (exact) mass is 316 g/mol. The van der Waals surface area contributed by atoms with Crippen LogP contribution in [0.4, 0.5) is 5.82 Å². The SMILES string of the molecule is [N-]=[N+]=NC1CC(CO)OC1n1cnc2c(NC3CC3)ncnc21. The molecule has 3 unspecified atom stereocenters. The number of anilines is 1. The van der Waals surface area contributed by atoms with Crippen LogP contribution in [-0.4, -0.2) is 49.4 Å². The van der Waals surface area contributed by atoms with Gasteiger partial charge < -0.3 is 15.2 Å². The predicted molar refractivity (Wildman–Crippen MR) is 80.5 cm³/mol. The molecule has 1 saturated carbocycles. The molecule has 0 radical (unpaired) electrons. The molecular formula is C13H16N8O2. The van der Waals surface area contributed by atoms with Crippen LogP contribution >= 0.6 is 0 Å². The number of imidazole rings is 1. The Hall–Kier alpha value is -2.42. The highest BCUT2D eigenvalue weighted by Crippen LogP contribution is 2.34. The van der Waals surface area contributed by atoms with E-state index >= 15 is 0 Å². The molecule has 0 amide bonds. The molecule has 0 bridgehead atoms. The van der Waals surface area contributed by atoms with Gasteiger partial charge in [-0.05, 0) is 24.8 Å². The second kappa shape index (κ2) is 5.65. The van der Waals surface area contributed by atoms with E-state index in [1.165, 1.54) is 6.33 Å². The summed E-state index contributed by atoms with van der Waals surface area (Å²) in [6.07, 6.45) is 4.93. The smallest absolute Gasteiger partial charge is 0.167 e. The minimum Gasteiger partial charge on any atom is -0.394 e. The molecule has 2 aliphatic rings. The van der Waals surface area contributed by atoms with E-state index < -0.39 is 12.3 Å². The van der Waals surface area contributed by atoms with Crippen LogP contribution in [0.15, 0.2) is 17.8 Å². The molecule has 1 aliphatic carbocycles. The number of aliphatic hydroxyl groups is 1. The van der Waals surface area contributed by atoms with Gasteiger partial charge in [0.1, 0.15) is 12.6 Å². The van der Waals surface area contributed by atoms with Crippen molar-refractivity contribution in [2.45, 2.75) is 43.7 Å². The maximum Gasteiger partial charge on any atom is 0.167 e. The van der Waals surface area contributed by atoms with Gasteiger partial charge in [0, 0.05) is 11.0 Å². The number of nitrogens with zero attached hydrogens (tertiary/aromatic N) is 7. The zero-order valence-corrected chi connectivity index (χ0v) is 12.3. The summed E-state index contributed by atoms with van der Waals surface area (Å²) in [7, 11) is 0. The quantitative estimate of drug-likeness (QED) is 0.486. The molecule has 10 nitrogen and oxygen atoms in total. The minimum absolute atomic E-state index is 0.121. The number of fused-ring (bicyclic) bond motifs is 1. The van der Waals surface area contributed by atoms with Crippen molar-refractivity contribution in [2.75, 3.05) is 11.9 Å². The van der Waals surface area contributed by atoms with Crippen molar-refractivity contribution in [3.8, 4) is 0 Å². The first-order valence-electron chi connectivity index (χ1n) is 7.54. The second-order valence-electron chi connectivity index (χ2n) is 5.80. The van der Waals surface area contributed by atoms with Crippen molar-refractivity contribution in [1.29, 1.82) is 0 Å². The van der Waals surface area contributed by atoms with Crippen molar-refractivity contribution < 1.29 is 9.84 Å². The zero-order chi connectivity index (χ0) is 15.8. The highest BCUT2D eigenvalue weighted by Gasteiger charge is 2.36. The number of aliphatic hydroxyl groups excluding tert-OH is 1. The fourth-order valence-electron chi connectivity index (χ4n) is 2.83. The lowest BCUT2D eigenvalue weighted by Gasteiger charge is -2.17. The zero-order valence-electron chi connectivity index (χ0n) is 12.3. The van der Waals surface area contributed by atoms with Gasteiger partial charge in [-0.3, -0.25) is 4.57 Å². The van der Waals surface area contributed by atoms with Gasteiger partial charge in [0.2, 0.25) is 0 Å². The Labute approximate surface area is 131 Å². The normalized spacial score (nSPS) is 27.1. The van der Waals surface area contributed by atoms with Crippen LogP contribution in [0.2, 0.25) is 0 Å². The molecule has 1 saturated heterocycles. The third-order valence-electron chi connectivity index (χ3n) is 4.12. The first-order chi connectivity index (χ1) is 11.3. The number of azide groups is 1. The van der Waals surface area contributed by atoms with Crippen LogP contribution in [0.5, 0.6) is 0 Å². The van der Waals surface area contributed by atoms with Crippen LogP contribution in [0.1, 0.15) is 25.5 Å².